The van der Waals surface area contributed by atoms with E-state index < -0.39 is 11.7 Å². The lowest BCUT2D eigenvalue weighted by molar-refractivity contribution is -0.137. The van der Waals surface area contributed by atoms with Gasteiger partial charge in [-0.05, 0) is 54.5 Å². The molecular formula is C12H12F3NS. The van der Waals surface area contributed by atoms with Crippen LogP contribution in [0.15, 0.2) is 23.6 Å². The van der Waals surface area contributed by atoms with E-state index >= 15 is 0 Å². The molecule has 2 aromatic rings. The van der Waals surface area contributed by atoms with Gasteiger partial charge in [0.25, 0.3) is 0 Å². The van der Waals surface area contributed by atoms with Gasteiger partial charge in [-0.15, -0.1) is 11.3 Å². The van der Waals surface area contributed by atoms with Gasteiger partial charge in [0.2, 0.25) is 0 Å². The number of hydrogen-bond donors (Lipinski definition) is 1. The standard InChI is InChI=1S/C12H12F3NS/c1-16-5-4-8-7-17-11-3-2-9(6-10(8)11)12(13,14)15/h2-3,6-7,16H,4-5H2,1H3. The first-order chi connectivity index (χ1) is 8.02. The van der Waals surface area contributed by atoms with E-state index in [9.17, 15) is 13.2 Å². The summed E-state index contributed by atoms with van der Waals surface area (Å²) >= 11 is 1.49. The first-order valence-electron chi connectivity index (χ1n) is 5.24. The van der Waals surface area contributed by atoms with Crippen molar-refractivity contribution in [2.24, 2.45) is 0 Å². The van der Waals surface area contributed by atoms with Crippen LogP contribution < -0.4 is 5.32 Å². The fraction of sp³-hybridized carbons (Fsp3) is 0.333. The molecule has 1 nitrogen and oxygen atoms in total. The van der Waals surface area contributed by atoms with Crippen LogP contribution in [0.25, 0.3) is 10.1 Å². The Hall–Kier alpha value is -1.07. The minimum Gasteiger partial charge on any atom is -0.319 e. The molecule has 0 amide bonds. The van der Waals surface area contributed by atoms with Gasteiger partial charge in [-0.25, -0.2) is 0 Å². The lowest BCUT2D eigenvalue weighted by Gasteiger charge is -2.07. The summed E-state index contributed by atoms with van der Waals surface area (Å²) in [5.74, 6) is 0. The fourth-order valence-corrected chi connectivity index (χ4v) is 2.69. The van der Waals surface area contributed by atoms with Gasteiger partial charge in [0, 0.05) is 4.70 Å². The van der Waals surface area contributed by atoms with Gasteiger partial charge >= 0.3 is 6.18 Å². The van der Waals surface area contributed by atoms with Gasteiger partial charge in [0.05, 0.1) is 5.56 Å². The van der Waals surface area contributed by atoms with E-state index in [2.05, 4.69) is 5.32 Å². The van der Waals surface area contributed by atoms with Gasteiger partial charge in [-0.2, -0.15) is 13.2 Å². The van der Waals surface area contributed by atoms with E-state index in [0.717, 1.165) is 34.7 Å². The molecule has 0 radical (unpaired) electrons. The van der Waals surface area contributed by atoms with Crippen LogP contribution in [-0.2, 0) is 12.6 Å². The highest BCUT2D eigenvalue weighted by Crippen LogP contribution is 2.34. The fourth-order valence-electron chi connectivity index (χ4n) is 1.71. The summed E-state index contributed by atoms with van der Waals surface area (Å²) in [5, 5.41) is 5.65. The van der Waals surface area contributed by atoms with Crippen molar-refractivity contribution in [3.63, 3.8) is 0 Å². The number of likely N-dealkylation sites (N-methyl/N-ethyl adjacent to an activating group) is 1. The van der Waals surface area contributed by atoms with Crippen molar-refractivity contribution in [2.75, 3.05) is 13.6 Å². The molecule has 2 rings (SSSR count). The van der Waals surface area contributed by atoms with Crippen LogP contribution in [0.2, 0.25) is 0 Å². The highest BCUT2D eigenvalue weighted by Gasteiger charge is 2.30. The quantitative estimate of drug-likeness (QED) is 0.886. The minimum atomic E-state index is -4.27. The predicted molar refractivity (Wildman–Crippen MR) is 64.5 cm³/mol. The number of nitrogens with one attached hydrogen (secondary N) is 1. The van der Waals surface area contributed by atoms with Crippen molar-refractivity contribution < 1.29 is 13.2 Å². The maximum Gasteiger partial charge on any atom is 0.416 e. The average molecular weight is 259 g/mol. The van der Waals surface area contributed by atoms with Crippen LogP contribution in [-0.4, -0.2) is 13.6 Å². The molecule has 1 heterocycles. The highest BCUT2D eigenvalue weighted by atomic mass is 32.1. The zero-order chi connectivity index (χ0) is 12.5. The zero-order valence-electron chi connectivity index (χ0n) is 9.27. The molecule has 0 spiro atoms. The van der Waals surface area contributed by atoms with Crippen LogP contribution in [0.3, 0.4) is 0 Å². The monoisotopic (exact) mass is 259 g/mol. The van der Waals surface area contributed by atoms with Gasteiger partial charge in [-0.3, -0.25) is 0 Å². The summed E-state index contributed by atoms with van der Waals surface area (Å²) in [4.78, 5) is 0. The molecule has 1 aromatic heterocycles. The molecule has 0 unspecified atom stereocenters. The van der Waals surface area contributed by atoms with Gasteiger partial charge in [0.1, 0.15) is 0 Å². The summed E-state index contributed by atoms with van der Waals surface area (Å²) in [6.45, 7) is 0.766. The van der Waals surface area contributed by atoms with E-state index in [1.807, 2.05) is 12.4 Å². The SMILES string of the molecule is CNCCc1csc2ccc(C(F)(F)F)cc12. The number of fused-ring (bicyclic) bond motifs is 1. The van der Waals surface area contributed by atoms with Crippen molar-refractivity contribution in [1.29, 1.82) is 0 Å². The second-order valence-electron chi connectivity index (χ2n) is 3.82. The van der Waals surface area contributed by atoms with Crippen molar-refractivity contribution in [2.45, 2.75) is 12.6 Å². The van der Waals surface area contributed by atoms with Crippen LogP contribution in [0.5, 0.6) is 0 Å². The summed E-state index contributed by atoms with van der Waals surface area (Å²) in [6, 6.07) is 3.93. The zero-order valence-corrected chi connectivity index (χ0v) is 10.1. The van der Waals surface area contributed by atoms with Crippen molar-refractivity contribution in [1.82, 2.24) is 5.32 Å². The average Bonchev–Trinajstić information content (AvgIpc) is 2.67. The lowest BCUT2D eigenvalue weighted by atomic mass is 10.1. The third-order valence-electron chi connectivity index (χ3n) is 2.63. The maximum absolute atomic E-state index is 12.6. The lowest BCUT2D eigenvalue weighted by Crippen LogP contribution is -2.10. The van der Waals surface area contributed by atoms with Crippen molar-refractivity contribution in [3.05, 3.63) is 34.7 Å². The molecule has 1 N–H and O–H groups in total. The molecule has 0 bridgehead atoms. The molecular weight excluding hydrogens is 247 g/mol. The number of rotatable bonds is 3. The van der Waals surface area contributed by atoms with E-state index in [1.165, 1.54) is 17.4 Å². The number of hydrogen-bond acceptors (Lipinski definition) is 2. The van der Waals surface area contributed by atoms with E-state index in [-0.39, 0.29) is 0 Å². The largest absolute Gasteiger partial charge is 0.416 e. The Balaban J connectivity index is 2.43. The Labute approximate surface area is 101 Å². The van der Waals surface area contributed by atoms with Crippen molar-refractivity contribution >= 4 is 21.4 Å². The van der Waals surface area contributed by atoms with E-state index in [1.54, 1.807) is 6.07 Å². The van der Waals surface area contributed by atoms with Crippen LogP contribution in [0.1, 0.15) is 11.1 Å². The summed E-state index contributed by atoms with van der Waals surface area (Å²) < 4.78 is 38.7. The topological polar surface area (TPSA) is 12.0 Å². The Morgan fingerprint density at radius 1 is 1.29 bits per heavy atom. The molecule has 0 saturated carbocycles. The molecule has 0 aliphatic heterocycles. The molecule has 5 heteroatoms. The Morgan fingerprint density at radius 2 is 2.06 bits per heavy atom. The van der Waals surface area contributed by atoms with Gasteiger partial charge in [-0.1, -0.05) is 0 Å². The second-order valence-corrected chi connectivity index (χ2v) is 4.73. The predicted octanol–water partition coefficient (Wildman–Crippen LogP) is 3.68. The molecule has 0 aliphatic carbocycles. The Morgan fingerprint density at radius 3 is 2.71 bits per heavy atom. The number of alkyl halides is 3. The summed E-state index contributed by atoms with van der Waals surface area (Å²) in [7, 11) is 1.83. The summed E-state index contributed by atoms with van der Waals surface area (Å²) in [6.07, 6.45) is -3.52. The van der Waals surface area contributed by atoms with Gasteiger partial charge < -0.3 is 5.32 Å². The Kier molecular flexibility index (Phi) is 3.40. The smallest absolute Gasteiger partial charge is 0.319 e. The van der Waals surface area contributed by atoms with Crippen LogP contribution in [0.4, 0.5) is 13.2 Å². The van der Waals surface area contributed by atoms with Gasteiger partial charge in [0.15, 0.2) is 0 Å². The van der Waals surface area contributed by atoms with Crippen LogP contribution in [0, 0.1) is 0 Å². The molecule has 1 aromatic carbocycles. The summed E-state index contributed by atoms with van der Waals surface area (Å²) in [5.41, 5.74) is 0.402. The molecule has 0 saturated heterocycles. The number of halogens is 3. The maximum atomic E-state index is 12.6. The molecule has 0 aliphatic rings. The molecule has 0 atom stereocenters. The molecule has 92 valence electrons. The van der Waals surface area contributed by atoms with Crippen LogP contribution >= 0.6 is 11.3 Å². The first-order valence-corrected chi connectivity index (χ1v) is 6.12. The third kappa shape index (κ3) is 2.61. The van der Waals surface area contributed by atoms with E-state index in [0.29, 0.717) is 0 Å². The normalized spacial score (nSPS) is 12.2. The number of thiophene rings is 1. The number of benzene rings is 1. The first kappa shape index (κ1) is 12.4. The minimum absolute atomic E-state index is 0.575. The van der Waals surface area contributed by atoms with Crippen molar-refractivity contribution in [3.8, 4) is 0 Å². The molecule has 0 fully saturated rings. The second kappa shape index (κ2) is 4.66. The Bertz CT molecular complexity index is 516. The highest BCUT2D eigenvalue weighted by molar-refractivity contribution is 7.17. The van der Waals surface area contributed by atoms with E-state index in [4.69, 9.17) is 0 Å². The molecule has 17 heavy (non-hydrogen) atoms. The third-order valence-corrected chi connectivity index (χ3v) is 3.64.